The van der Waals surface area contributed by atoms with E-state index in [4.69, 9.17) is 39.5 Å². The van der Waals surface area contributed by atoms with Crippen LogP contribution in [0.5, 0.6) is 0 Å². The van der Waals surface area contributed by atoms with E-state index in [-0.39, 0.29) is 18.6 Å². The molecule has 1 aromatic rings. The Morgan fingerprint density at radius 2 is 1.88 bits per heavy atom. The Morgan fingerprint density at radius 3 is 2.50 bits per heavy atom. The average Bonchev–Trinajstić information content (AvgIpc) is 2.25. The summed E-state index contributed by atoms with van der Waals surface area (Å²) in [6.45, 7) is 0.414. The lowest BCUT2D eigenvalue weighted by Gasteiger charge is -2.24. The first kappa shape index (κ1) is 12.0. The van der Waals surface area contributed by atoms with Crippen molar-refractivity contribution in [2.75, 3.05) is 13.2 Å². The first-order valence-corrected chi connectivity index (χ1v) is 5.74. The fourth-order valence-electron chi connectivity index (χ4n) is 1.48. The molecule has 1 aromatic carbocycles. The molecule has 0 unspecified atom stereocenters. The van der Waals surface area contributed by atoms with Crippen LogP contribution in [0.3, 0.4) is 0 Å². The Morgan fingerprint density at radius 1 is 1.19 bits per heavy atom. The lowest BCUT2D eigenvalue weighted by atomic mass is 10.1. The summed E-state index contributed by atoms with van der Waals surface area (Å²) in [5.41, 5.74) is 0.732. The summed E-state index contributed by atoms with van der Waals surface area (Å²) in [5, 5.41) is 3.99. The second kappa shape index (κ2) is 4.80. The van der Waals surface area contributed by atoms with Gasteiger partial charge in [0.1, 0.15) is 12.7 Å². The topological polar surface area (TPSA) is 38.3 Å². The van der Waals surface area contributed by atoms with E-state index >= 15 is 0 Å². The maximum absolute atomic E-state index is 10.9. The van der Waals surface area contributed by atoms with E-state index in [9.17, 15) is 4.79 Å². The van der Waals surface area contributed by atoms with Crippen LogP contribution in [0.2, 0.25) is 15.1 Å². The van der Waals surface area contributed by atoms with Crippen molar-refractivity contribution in [1.29, 1.82) is 0 Å². The SMILES string of the molecule is O=C1CO[C@@H](c2cc(Cl)c(Cl)cc2Cl)CN1. The second-order valence-electron chi connectivity index (χ2n) is 3.39. The van der Waals surface area contributed by atoms with Gasteiger partial charge in [-0.3, -0.25) is 4.79 Å². The van der Waals surface area contributed by atoms with Crippen molar-refractivity contribution in [3.8, 4) is 0 Å². The van der Waals surface area contributed by atoms with Crippen LogP contribution in [-0.2, 0) is 9.53 Å². The van der Waals surface area contributed by atoms with E-state index in [1.807, 2.05) is 0 Å². The number of ether oxygens (including phenoxy) is 1. The highest BCUT2D eigenvalue weighted by Gasteiger charge is 2.23. The molecule has 1 aliphatic rings. The molecule has 86 valence electrons. The third-order valence-corrected chi connectivity index (χ3v) is 3.34. The lowest BCUT2D eigenvalue weighted by molar-refractivity contribution is -0.133. The van der Waals surface area contributed by atoms with Crippen molar-refractivity contribution in [3.05, 3.63) is 32.8 Å². The molecule has 1 N–H and O–H groups in total. The van der Waals surface area contributed by atoms with Crippen LogP contribution in [0.25, 0.3) is 0 Å². The fraction of sp³-hybridized carbons (Fsp3) is 0.300. The Balaban J connectivity index is 2.26. The number of hydrogen-bond acceptors (Lipinski definition) is 2. The Labute approximate surface area is 108 Å². The number of morpholine rings is 1. The van der Waals surface area contributed by atoms with Gasteiger partial charge in [-0.05, 0) is 12.1 Å². The zero-order valence-corrected chi connectivity index (χ0v) is 10.4. The molecule has 0 spiro atoms. The minimum atomic E-state index is -0.278. The van der Waals surface area contributed by atoms with Gasteiger partial charge in [0.15, 0.2) is 0 Å². The average molecular weight is 281 g/mol. The van der Waals surface area contributed by atoms with Crippen LogP contribution in [0.4, 0.5) is 0 Å². The molecule has 1 fully saturated rings. The number of nitrogens with one attached hydrogen (secondary N) is 1. The first-order valence-electron chi connectivity index (χ1n) is 4.60. The molecule has 2 rings (SSSR count). The number of benzene rings is 1. The van der Waals surface area contributed by atoms with Gasteiger partial charge < -0.3 is 10.1 Å². The highest BCUT2D eigenvalue weighted by Crippen LogP contribution is 2.33. The maximum atomic E-state index is 10.9. The lowest BCUT2D eigenvalue weighted by Crippen LogP contribution is -2.38. The van der Waals surface area contributed by atoms with Gasteiger partial charge in [-0.2, -0.15) is 0 Å². The molecular formula is C10H8Cl3NO2. The quantitative estimate of drug-likeness (QED) is 0.803. The summed E-state index contributed by atoms with van der Waals surface area (Å²) in [6.07, 6.45) is -0.278. The van der Waals surface area contributed by atoms with E-state index in [0.29, 0.717) is 21.6 Å². The molecule has 6 heteroatoms. The minimum absolute atomic E-state index is 0.0290. The van der Waals surface area contributed by atoms with Crippen molar-refractivity contribution in [3.63, 3.8) is 0 Å². The number of carbonyl (C=O) groups excluding carboxylic acids is 1. The molecule has 0 aromatic heterocycles. The molecule has 1 heterocycles. The molecule has 1 atom stereocenters. The molecular weight excluding hydrogens is 272 g/mol. The third-order valence-electron chi connectivity index (χ3n) is 2.29. The molecule has 3 nitrogen and oxygen atoms in total. The van der Waals surface area contributed by atoms with E-state index in [1.54, 1.807) is 12.1 Å². The molecule has 1 amide bonds. The zero-order chi connectivity index (χ0) is 11.7. The monoisotopic (exact) mass is 279 g/mol. The van der Waals surface area contributed by atoms with Crippen molar-refractivity contribution in [2.45, 2.75) is 6.10 Å². The second-order valence-corrected chi connectivity index (χ2v) is 4.61. The largest absolute Gasteiger partial charge is 0.362 e. The molecule has 1 aliphatic heterocycles. The minimum Gasteiger partial charge on any atom is -0.362 e. The van der Waals surface area contributed by atoms with Crippen molar-refractivity contribution >= 4 is 40.7 Å². The van der Waals surface area contributed by atoms with Gasteiger partial charge in [0.05, 0.1) is 10.0 Å². The van der Waals surface area contributed by atoms with Crippen LogP contribution in [0, 0.1) is 0 Å². The standard InChI is InChI=1S/C10H8Cl3NO2/c11-6-2-8(13)7(12)1-5(6)9-3-14-10(15)4-16-9/h1-2,9H,3-4H2,(H,14,15)/t9-/m1/s1. The number of carbonyl (C=O) groups is 1. The summed E-state index contributed by atoms with van der Waals surface area (Å²) in [5.74, 6) is -0.132. The fourth-order valence-corrected chi connectivity index (χ4v) is 2.15. The van der Waals surface area contributed by atoms with Crippen LogP contribution in [0.15, 0.2) is 12.1 Å². The summed E-state index contributed by atoms with van der Waals surface area (Å²) >= 11 is 17.8. The Hall–Kier alpha value is -0.480. The first-order chi connectivity index (χ1) is 7.58. The Kier molecular flexibility index (Phi) is 3.60. The summed E-state index contributed by atoms with van der Waals surface area (Å²) in [4.78, 5) is 10.9. The van der Waals surface area contributed by atoms with Gasteiger partial charge >= 0.3 is 0 Å². The van der Waals surface area contributed by atoms with Crippen molar-refractivity contribution < 1.29 is 9.53 Å². The van der Waals surface area contributed by atoms with E-state index in [0.717, 1.165) is 5.56 Å². The van der Waals surface area contributed by atoms with Crippen molar-refractivity contribution in [1.82, 2.24) is 5.32 Å². The van der Waals surface area contributed by atoms with E-state index in [2.05, 4.69) is 5.32 Å². The van der Waals surface area contributed by atoms with Crippen LogP contribution >= 0.6 is 34.8 Å². The third kappa shape index (κ3) is 2.43. The summed E-state index contributed by atoms with van der Waals surface area (Å²) in [6, 6.07) is 3.23. The zero-order valence-electron chi connectivity index (χ0n) is 8.10. The summed E-state index contributed by atoms with van der Waals surface area (Å²) in [7, 11) is 0. The van der Waals surface area contributed by atoms with Gasteiger partial charge in [-0.15, -0.1) is 0 Å². The Bertz CT molecular complexity index is 426. The van der Waals surface area contributed by atoms with Gasteiger partial charge in [0, 0.05) is 17.1 Å². The smallest absolute Gasteiger partial charge is 0.246 e. The van der Waals surface area contributed by atoms with Gasteiger partial charge in [0.25, 0.3) is 0 Å². The van der Waals surface area contributed by atoms with Gasteiger partial charge in [0.2, 0.25) is 5.91 Å². The van der Waals surface area contributed by atoms with Crippen LogP contribution in [-0.4, -0.2) is 19.1 Å². The maximum Gasteiger partial charge on any atom is 0.246 e. The number of halogens is 3. The van der Waals surface area contributed by atoms with Crippen LogP contribution in [0.1, 0.15) is 11.7 Å². The molecule has 0 bridgehead atoms. The molecule has 0 radical (unpaired) electrons. The predicted octanol–water partition coefficient (Wildman–Crippen LogP) is 2.83. The predicted molar refractivity (Wildman–Crippen MR) is 63.2 cm³/mol. The highest BCUT2D eigenvalue weighted by molar-refractivity contribution is 6.43. The van der Waals surface area contributed by atoms with E-state index in [1.165, 1.54) is 0 Å². The number of amides is 1. The van der Waals surface area contributed by atoms with E-state index < -0.39 is 0 Å². The molecule has 1 saturated heterocycles. The highest BCUT2D eigenvalue weighted by atomic mass is 35.5. The summed E-state index contributed by atoms with van der Waals surface area (Å²) < 4.78 is 5.35. The van der Waals surface area contributed by atoms with Crippen LogP contribution < -0.4 is 5.32 Å². The van der Waals surface area contributed by atoms with Gasteiger partial charge in [-0.25, -0.2) is 0 Å². The number of hydrogen-bond donors (Lipinski definition) is 1. The molecule has 0 aliphatic carbocycles. The molecule has 0 saturated carbocycles. The van der Waals surface area contributed by atoms with Gasteiger partial charge in [-0.1, -0.05) is 34.8 Å². The number of rotatable bonds is 1. The molecule has 16 heavy (non-hydrogen) atoms. The van der Waals surface area contributed by atoms with Crippen molar-refractivity contribution in [2.24, 2.45) is 0 Å². The normalized spacial score (nSPS) is 20.7.